The topological polar surface area (TPSA) is 161 Å². The lowest BCUT2D eigenvalue weighted by Crippen LogP contribution is -2.58. The lowest BCUT2D eigenvalue weighted by atomic mass is 9.57. The second-order valence-electron chi connectivity index (χ2n) is 9.47. The Bertz CT molecular complexity index is 1230. The molecule has 1 fully saturated rings. The Morgan fingerprint density at radius 1 is 1.19 bits per heavy atom. The number of nitrogens with two attached hydrogens (primary N) is 1. The van der Waals surface area contributed by atoms with Crippen LogP contribution < -0.4 is 5.73 Å². The molecule has 0 aromatic heterocycles. The highest BCUT2D eigenvalue weighted by Gasteiger charge is 2.66. The van der Waals surface area contributed by atoms with E-state index >= 15 is 0 Å². The van der Waals surface area contributed by atoms with Crippen LogP contribution in [0.2, 0.25) is 0 Å². The van der Waals surface area contributed by atoms with Crippen LogP contribution in [0.3, 0.4) is 0 Å². The van der Waals surface area contributed by atoms with Crippen LogP contribution in [0.1, 0.15) is 45.8 Å². The summed E-state index contributed by atoms with van der Waals surface area (Å²) in [5.41, 5.74) is 4.22. The molecule has 166 valence electrons. The first-order chi connectivity index (χ1) is 15.2. The summed E-state index contributed by atoms with van der Waals surface area (Å²) >= 11 is 0. The number of aromatic hydroxyl groups is 1. The van der Waals surface area contributed by atoms with Crippen molar-refractivity contribution >= 4 is 17.5 Å². The Morgan fingerprint density at radius 3 is 2.53 bits per heavy atom. The summed E-state index contributed by atoms with van der Waals surface area (Å²) in [6.07, 6.45) is 1.21. The molecule has 1 amide bonds. The van der Waals surface area contributed by atoms with Crippen LogP contribution in [-0.2, 0) is 22.6 Å². The highest BCUT2D eigenvalue weighted by Crippen LogP contribution is 2.63. The van der Waals surface area contributed by atoms with Gasteiger partial charge in [0.1, 0.15) is 22.8 Å². The monoisotopic (exact) mass is 438 g/mol. The third-order valence-electron chi connectivity index (χ3n) is 8.02. The average Bonchev–Trinajstić information content (AvgIpc) is 3.03. The molecule has 5 aliphatic rings. The van der Waals surface area contributed by atoms with Crippen molar-refractivity contribution in [3.8, 4) is 5.75 Å². The van der Waals surface area contributed by atoms with Crippen molar-refractivity contribution in [1.82, 2.24) is 4.90 Å². The summed E-state index contributed by atoms with van der Waals surface area (Å²) in [7, 11) is 0. The van der Waals surface area contributed by atoms with Gasteiger partial charge in [0.15, 0.2) is 11.4 Å². The van der Waals surface area contributed by atoms with Crippen LogP contribution >= 0.6 is 0 Å². The zero-order chi connectivity index (χ0) is 22.7. The lowest BCUT2D eigenvalue weighted by molar-refractivity contribution is -0.145. The maximum Gasteiger partial charge on any atom is 0.255 e. The van der Waals surface area contributed by atoms with E-state index in [0.29, 0.717) is 18.5 Å². The molecule has 9 nitrogen and oxygen atoms in total. The number of aliphatic hydroxyl groups excluding tert-OH is 2. The first-order valence-corrected chi connectivity index (χ1v) is 10.7. The van der Waals surface area contributed by atoms with Crippen LogP contribution in [-0.4, -0.2) is 61.5 Å². The van der Waals surface area contributed by atoms with Gasteiger partial charge in [0.2, 0.25) is 5.78 Å². The van der Waals surface area contributed by atoms with E-state index < -0.39 is 57.9 Å². The van der Waals surface area contributed by atoms with Gasteiger partial charge in [-0.3, -0.25) is 19.3 Å². The average molecular weight is 438 g/mol. The van der Waals surface area contributed by atoms with E-state index in [9.17, 15) is 34.8 Å². The number of phenolic OH excluding ortho intramolecular Hbond substituents is 1. The number of carbonyl (C=O) groups is 3. The van der Waals surface area contributed by atoms with E-state index in [2.05, 4.69) is 4.90 Å². The zero-order valence-electron chi connectivity index (χ0n) is 17.1. The number of primary amides is 1. The highest BCUT2D eigenvalue weighted by molar-refractivity contribution is 6.24. The molecule has 1 heterocycles. The maximum atomic E-state index is 13.3. The number of nitrogens with zero attached hydrogens (tertiary/aromatic N) is 1. The Kier molecular flexibility index (Phi) is 3.65. The number of carbonyl (C=O) groups excluding carboxylic acids is 3. The largest absolute Gasteiger partial charge is 0.511 e. The molecule has 2 bridgehead atoms. The molecule has 1 aromatic rings. The summed E-state index contributed by atoms with van der Waals surface area (Å²) in [6, 6.07) is 1.57. The maximum absolute atomic E-state index is 13.3. The van der Waals surface area contributed by atoms with Crippen molar-refractivity contribution in [1.29, 1.82) is 0 Å². The second-order valence-corrected chi connectivity index (χ2v) is 9.47. The molecule has 32 heavy (non-hydrogen) atoms. The fraction of sp³-hybridized carbons (Fsp3) is 0.435. The number of aliphatic hydroxyl groups is 3. The highest BCUT2D eigenvalue weighted by atomic mass is 16.3. The normalized spacial score (nSPS) is 32.8. The van der Waals surface area contributed by atoms with Crippen molar-refractivity contribution in [3.05, 3.63) is 51.0 Å². The van der Waals surface area contributed by atoms with Crippen molar-refractivity contribution in [2.75, 3.05) is 13.1 Å². The quantitative estimate of drug-likeness (QED) is 0.426. The minimum atomic E-state index is -2.55. The number of fused-ring (bicyclic) bond motifs is 3. The molecule has 6 N–H and O–H groups in total. The Hall–Kier alpha value is -3.17. The molecule has 0 unspecified atom stereocenters. The van der Waals surface area contributed by atoms with Gasteiger partial charge in [-0.15, -0.1) is 0 Å². The SMILES string of the molecule is NC(=O)C1=C(O)C[C@@H]2[C@H]3c4c(CN5CCC5)cc(O)c5c4C[C@@H]3C(=C(O)[C@]2(O)C1=O)C5=O. The molecule has 4 atom stereocenters. The molecular weight excluding hydrogens is 416 g/mol. The summed E-state index contributed by atoms with van der Waals surface area (Å²) < 4.78 is 0. The van der Waals surface area contributed by atoms with Crippen LogP contribution in [0.5, 0.6) is 5.75 Å². The molecule has 0 radical (unpaired) electrons. The van der Waals surface area contributed by atoms with Gasteiger partial charge in [0.25, 0.3) is 5.91 Å². The molecule has 1 aliphatic heterocycles. The summed E-state index contributed by atoms with van der Waals surface area (Å²) in [6.45, 7) is 2.37. The van der Waals surface area contributed by atoms with Crippen molar-refractivity contribution in [2.45, 2.75) is 37.3 Å². The van der Waals surface area contributed by atoms with E-state index in [0.717, 1.165) is 30.6 Å². The lowest BCUT2D eigenvalue weighted by Gasteiger charge is -2.47. The first kappa shape index (κ1) is 19.5. The minimum absolute atomic E-state index is 0.0923. The van der Waals surface area contributed by atoms with Gasteiger partial charge in [-0.05, 0) is 54.6 Å². The third-order valence-corrected chi connectivity index (χ3v) is 8.02. The van der Waals surface area contributed by atoms with E-state index in [1.54, 1.807) is 6.07 Å². The van der Waals surface area contributed by atoms with E-state index in [4.69, 9.17) is 5.73 Å². The Labute approximate surface area is 182 Å². The predicted octanol–water partition coefficient (Wildman–Crippen LogP) is 0.493. The van der Waals surface area contributed by atoms with Crippen LogP contribution in [0.4, 0.5) is 0 Å². The number of likely N-dealkylation sites (tertiary alicyclic amines) is 1. The van der Waals surface area contributed by atoms with Gasteiger partial charge < -0.3 is 26.2 Å². The molecule has 9 heteroatoms. The Morgan fingerprint density at radius 2 is 1.91 bits per heavy atom. The number of ketones is 2. The summed E-state index contributed by atoms with van der Waals surface area (Å²) in [4.78, 5) is 40.6. The van der Waals surface area contributed by atoms with Gasteiger partial charge in [0.05, 0.1) is 5.56 Å². The van der Waals surface area contributed by atoms with Gasteiger partial charge >= 0.3 is 0 Å². The smallest absolute Gasteiger partial charge is 0.255 e. The van der Waals surface area contributed by atoms with E-state index in [1.807, 2.05) is 0 Å². The molecule has 1 aromatic carbocycles. The molecule has 1 saturated heterocycles. The van der Waals surface area contributed by atoms with Crippen molar-refractivity contribution in [3.63, 3.8) is 0 Å². The number of rotatable bonds is 3. The van der Waals surface area contributed by atoms with Crippen LogP contribution in [0.25, 0.3) is 0 Å². The molecule has 4 aliphatic carbocycles. The standard InChI is InChI=1S/C23H22N2O7/c24-22(31)18-13(27)6-11-15-10-5-9-14(15)8(7-25-2-1-3-25)4-12(26)16(9)19(28)17(10)20(29)23(11,32)21(18)30/h4,10-11,15,26-27,29,32H,1-3,5-7H2,(H2,24,31)/t10-,11+,15-,23-/m0/s1. The number of allylic oxidation sites excluding steroid dienone is 2. The summed E-state index contributed by atoms with van der Waals surface area (Å²) in [5.74, 6) is -6.53. The predicted molar refractivity (Wildman–Crippen MR) is 109 cm³/mol. The van der Waals surface area contributed by atoms with E-state index in [1.165, 1.54) is 0 Å². The number of benzene rings is 1. The Balaban J connectivity index is 1.62. The molecule has 6 rings (SSSR count). The molecular formula is C23H22N2O7. The summed E-state index contributed by atoms with van der Waals surface area (Å²) in [5, 5.41) is 43.8. The van der Waals surface area contributed by atoms with Crippen LogP contribution in [0, 0.1) is 11.8 Å². The number of amides is 1. The van der Waals surface area contributed by atoms with Gasteiger partial charge in [-0.1, -0.05) is 0 Å². The third kappa shape index (κ3) is 2.08. The minimum Gasteiger partial charge on any atom is -0.511 e. The van der Waals surface area contributed by atoms with Gasteiger partial charge in [-0.2, -0.15) is 0 Å². The number of phenols is 1. The molecule has 0 saturated carbocycles. The van der Waals surface area contributed by atoms with Crippen molar-refractivity contribution in [2.24, 2.45) is 17.6 Å². The van der Waals surface area contributed by atoms with Crippen molar-refractivity contribution < 1.29 is 34.8 Å². The second kappa shape index (κ2) is 5.99. The molecule has 0 spiro atoms. The van der Waals surface area contributed by atoms with Gasteiger partial charge in [-0.25, -0.2) is 0 Å². The number of hydrogen-bond acceptors (Lipinski definition) is 8. The zero-order valence-corrected chi connectivity index (χ0v) is 17.1. The first-order valence-electron chi connectivity index (χ1n) is 10.7. The van der Waals surface area contributed by atoms with Gasteiger partial charge in [0, 0.05) is 30.4 Å². The fourth-order valence-corrected chi connectivity index (χ4v) is 6.57. The van der Waals surface area contributed by atoms with Crippen LogP contribution in [0.15, 0.2) is 28.7 Å². The number of hydrogen-bond donors (Lipinski definition) is 5. The fourth-order valence-electron chi connectivity index (χ4n) is 6.57. The van der Waals surface area contributed by atoms with E-state index in [-0.39, 0.29) is 23.3 Å². The number of Topliss-reactive ketones (excluding diaryl/α,β-unsaturated/α-hetero) is 2.